The third-order valence-corrected chi connectivity index (χ3v) is 5.63. The van der Waals surface area contributed by atoms with Crippen LogP contribution in [0.2, 0.25) is 0 Å². The van der Waals surface area contributed by atoms with E-state index in [1.807, 2.05) is 0 Å². The number of halogens is 3. The first-order valence-corrected chi connectivity index (χ1v) is 10.2. The minimum Gasteiger partial charge on any atom is -0.487 e. The van der Waals surface area contributed by atoms with E-state index in [4.69, 9.17) is 10.5 Å². The van der Waals surface area contributed by atoms with Gasteiger partial charge in [0.2, 0.25) is 15.9 Å². The standard InChI is InChI=1S/C17H23F3N2O4S/c1-16(2)10-13(12-9-11(15(21)23)5-6-14(12)26-16)22(27(3,24)25)8-4-7-17(18,19)20/h5-6,9,13H,4,7-8,10H2,1-3H3,(H2,21,23). The van der Waals surface area contributed by atoms with Crippen molar-refractivity contribution in [2.75, 3.05) is 12.8 Å². The van der Waals surface area contributed by atoms with Gasteiger partial charge in [0.25, 0.3) is 0 Å². The number of fused-ring (bicyclic) bond motifs is 1. The van der Waals surface area contributed by atoms with Gasteiger partial charge in [0.15, 0.2) is 0 Å². The van der Waals surface area contributed by atoms with E-state index in [9.17, 15) is 26.4 Å². The summed E-state index contributed by atoms with van der Waals surface area (Å²) in [6.07, 6.45) is -4.63. The van der Waals surface area contributed by atoms with Crippen LogP contribution in [0.5, 0.6) is 5.75 Å². The average Bonchev–Trinajstić information content (AvgIpc) is 2.47. The highest BCUT2D eigenvalue weighted by atomic mass is 32.2. The number of nitrogens with zero attached hydrogens (tertiary/aromatic N) is 1. The fourth-order valence-electron chi connectivity index (χ4n) is 3.22. The first kappa shape index (κ1) is 21.5. The van der Waals surface area contributed by atoms with Crippen LogP contribution in [-0.2, 0) is 10.0 Å². The first-order chi connectivity index (χ1) is 12.2. The van der Waals surface area contributed by atoms with Crippen LogP contribution >= 0.6 is 0 Å². The average molecular weight is 408 g/mol. The van der Waals surface area contributed by atoms with E-state index in [1.54, 1.807) is 13.8 Å². The second-order valence-corrected chi connectivity index (χ2v) is 9.23. The number of primary amides is 1. The summed E-state index contributed by atoms with van der Waals surface area (Å²) in [4.78, 5) is 11.5. The first-order valence-electron chi connectivity index (χ1n) is 8.36. The number of hydrogen-bond donors (Lipinski definition) is 1. The van der Waals surface area contributed by atoms with Crippen LogP contribution in [0, 0.1) is 0 Å². The molecule has 0 fully saturated rings. The zero-order chi connectivity index (χ0) is 20.6. The Hall–Kier alpha value is -1.81. The number of carbonyl (C=O) groups excluding carboxylic acids is 1. The largest absolute Gasteiger partial charge is 0.487 e. The molecule has 6 nitrogen and oxygen atoms in total. The van der Waals surface area contributed by atoms with Gasteiger partial charge in [0.05, 0.1) is 12.3 Å². The second-order valence-electron chi connectivity index (χ2n) is 7.29. The van der Waals surface area contributed by atoms with Crippen molar-refractivity contribution >= 4 is 15.9 Å². The molecule has 1 aromatic rings. The van der Waals surface area contributed by atoms with E-state index in [0.717, 1.165) is 10.6 Å². The number of ether oxygens (including phenoxy) is 1. The van der Waals surface area contributed by atoms with Gasteiger partial charge in [-0.1, -0.05) is 0 Å². The maximum atomic E-state index is 12.5. The highest BCUT2D eigenvalue weighted by Crippen LogP contribution is 2.44. The number of amides is 1. The molecule has 10 heteroatoms. The number of carbonyl (C=O) groups is 1. The summed E-state index contributed by atoms with van der Waals surface area (Å²) in [6.45, 7) is 3.24. The smallest absolute Gasteiger partial charge is 0.389 e. The Kier molecular flexibility index (Phi) is 5.82. The molecule has 0 saturated heterocycles. The fraction of sp³-hybridized carbons (Fsp3) is 0.588. The summed E-state index contributed by atoms with van der Waals surface area (Å²) in [7, 11) is -3.81. The molecule has 1 unspecified atom stereocenters. The molecule has 0 aliphatic carbocycles. The lowest BCUT2D eigenvalue weighted by Gasteiger charge is -2.41. The summed E-state index contributed by atoms with van der Waals surface area (Å²) in [5.74, 6) is -0.310. The van der Waals surface area contributed by atoms with Crippen molar-refractivity contribution in [3.05, 3.63) is 29.3 Å². The van der Waals surface area contributed by atoms with Gasteiger partial charge in [-0.2, -0.15) is 17.5 Å². The van der Waals surface area contributed by atoms with E-state index in [0.29, 0.717) is 11.3 Å². The Morgan fingerprint density at radius 1 is 1.37 bits per heavy atom. The third kappa shape index (κ3) is 5.58. The molecule has 27 heavy (non-hydrogen) atoms. The highest BCUT2D eigenvalue weighted by molar-refractivity contribution is 7.88. The van der Waals surface area contributed by atoms with E-state index in [1.165, 1.54) is 18.2 Å². The van der Waals surface area contributed by atoms with Gasteiger partial charge >= 0.3 is 6.18 Å². The summed E-state index contributed by atoms with van der Waals surface area (Å²) in [5, 5.41) is 0. The lowest BCUT2D eigenvalue weighted by atomic mass is 9.88. The lowest BCUT2D eigenvalue weighted by molar-refractivity contribution is -0.136. The summed E-state index contributed by atoms with van der Waals surface area (Å²) in [5.41, 5.74) is 5.15. The molecule has 1 heterocycles. The molecule has 2 N–H and O–H groups in total. The van der Waals surface area contributed by atoms with Crippen molar-refractivity contribution < 1.29 is 31.1 Å². The van der Waals surface area contributed by atoms with Crippen LogP contribution in [0.15, 0.2) is 18.2 Å². The number of nitrogens with two attached hydrogens (primary N) is 1. The van der Waals surface area contributed by atoms with Crippen LogP contribution < -0.4 is 10.5 Å². The molecule has 0 aromatic heterocycles. The quantitative estimate of drug-likeness (QED) is 0.784. The van der Waals surface area contributed by atoms with Crippen LogP contribution in [0.1, 0.15) is 55.1 Å². The Labute approximate surface area is 156 Å². The van der Waals surface area contributed by atoms with Crippen LogP contribution in [0.3, 0.4) is 0 Å². The van der Waals surface area contributed by atoms with Gasteiger partial charge < -0.3 is 10.5 Å². The van der Waals surface area contributed by atoms with E-state index in [-0.39, 0.29) is 24.9 Å². The minimum absolute atomic E-state index is 0.172. The molecule has 1 amide bonds. The molecule has 0 spiro atoms. The monoisotopic (exact) mass is 408 g/mol. The summed E-state index contributed by atoms with van der Waals surface area (Å²) >= 11 is 0. The maximum absolute atomic E-state index is 12.5. The minimum atomic E-state index is -4.37. The van der Waals surface area contributed by atoms with E-state index >= 15 is 0 Å². The predicted molar refractivity (Wildman–Crippen MR) is 93.9 cm³/mol. The lowest BCUT2D eigenvalue weighted by Crippen LogP contribution is -2.44. The molecule has 1 aliphatic heterocycles. The van der Waals surface area contributed by atoms with Gasteiger partial charge in [-0.15, -0.1) is 0 Å². The Morgan fingerprint density at radius 3 is 2.52 bits per heavy atom. The van der Waals surface area contributed by atoms with Crippen molar-refractivity contribution in [1.29, 1.82) is 0 Å². The van der Waals surface area contributed by atoms with Gasteiger partial charge in [0, 0.05) is 30.5 Å². The molecular formula is C17H23F3N2O4S. The molecule has 152 valence electrons. The maximum Gasteiger partial charge on any atom is 0.389 e. The topological polar surface area (TPSA) is 89.7 Å². The highest BCUT2D eigenvalue weighted by Gasteiger charge is 2.40. The molecule has 2 rings (SSSR count). The number of alkyl halides is 3. The SMILES string of the molecule is CC1(C)CC(N(CCCC(F)(F)F)S(C)(=O)=O)c2cc(C(N)=O)ccc2O1. The normalized spacial score (nSPS) is 19.4. The Morgan fingerprint density at radius 2 is 2.00 bits per heavy atom. The fourth-order valence-corrected chi connectivity index (χ4v) is 4.33. The van der Waals surface area contributed by atoms with Gasteiger partial charge in [-0.05, 0) is 38.5 Å². The number of benzene rings is 1. The number of hydrogen-bond acceptors (Lipinski definition) is 4. The zero-order valence-electron chi connectivity index (χ0n) is 15.3. The molecule has 1 atom stereocenters. The Balaban J connectivity index is 2.45. The van der Waals surface area contributed by atoms with Gasteiger partial charge in [-0.25, -0.2) is 8.42 Å². The van der Waals surface area contributed by atoms with Crippen molar-refractivity contribution in [2.24, 2.45) is 5.73 Å². The summed E-state index contributed by atoms with van der Waals surface area (Å²) < 4.78 is 69.1. The van der Waals surface area contributed by atoms with Crippen molar-refractivity contribution in [1.82, 2.24) is 4.31 Å². The van der Waals surface area contributed by atoms with Crippen LogP contribution in [0.25, 0.3) is 0 Å². The number of rotatable bonds is 6. The zero-order valence-corrected chi connectivity index (χ0v) is 16.2. The molecule has 0 bridgehead atoms. The summed E-state index contributed by atoms with van der Waals surface area (Å²) in [6, 6.07) is 3.68. The molecule has 0 radical (unpaired) electrons. The van der Waals surface area contributed by atoms with Crippen molar-refractivity contribution in [3.63, 3.8) is 0 Å². The molecule has 0 saturated carbocycles. The third-order valence-electron chi connectivity index (χ3n) is 4.34. The Bertz CT molecular complexity index is 822. The molecule has 1 aromatic carbocycles. The van der Waals surface area contributed by atoms with Crippen molar-refractivity contribution in [2.45, 2.75) is 50.9 Å². The molecular weight excluding hydrogens is 385 g/mol. The van der Waals surface area contributed by atoms with E-state index in [2.05, 4.69) is 0 Å². The second kappa shape index (κ2) is 7.31. The molecule has 1 aliphatic rings. The van der Waals surface area contributed by atoms with Crippen LogP contribution in [0.4, 0.5) is 13.2 Å². The predicted octanol–water partition coefficient (Wildman–Crippen LogP) is 2.99. The van der Waals surface area contributed by atoms with Crippen molar-refractivity contribution in [3.8, 4) is 5.75 Å². The van der Waals surface area contributed by atoms with Gasteiger partial charge in [0.1, 0.15) is 11.4 Å². The van der Waals surface area contributed by atoms with Gasteiger partial charge in [-0.3, -0.25) is 4.79 Å². The van der Waals surface area contributed by atoms with E-state index < -0.39 is 40.2 Å². The number of sulfonamides is 1. The van der Waals surface area contributed by atoms with Crippen LogP contribution in [-0.4, -0.2) is 43.2 Å².